The average molecular weight is 264 g/mol. The fourth-order valence-electron chi connectivity index (χ4n) is 2.76. The molecule has 1 aliphatic carbocycles. The summed E-state index contributed by atoms with van der Waals surface area (Å²) < 4.78 is 0. The number of hydrogen-bond donors (Lipinski definition) is 2. The Morgan fingerprint density at radius 3 is 2.63 bits per heavy atom. The molecule has 4 heteroatoms. The number of nitrogens with zero attached hydrogens (tertiary/aromatic N) is 2. The minimum Gasteiger partial charge on any atom is -0.404 e. The Kier molecular flexibility index (Phi) is 5.40. The summed E-state index contributed by atoms with van der Waals surface area (Å²) in [5.41, 5.74) is 6.86. The van der Waals surface area contributed by atoms with E-state index in [2.05, 4.69) is 29.1 Å². The fourth-order valence-corrected chi connectivity index (χ4v) is 2.76. The van der Waals surface area contributed by atoms with Crippen molar-refractivity contribution in [2.75, 3.05) is 32.7 Å². The molecule has 2 rings (SSSR count). The van der Waals surface area contributed by atoms with Crippen molar-refractivity contribution in [3.63, 3.8) is 0 Å². The Morgan fingerprint density at radius 1 is 1.37 bits per heavy atom. The van der Waals surface area contributed by atoms with Crippen LogP contribution in [0.4, 0.5) is 0 Å². The van der Waals surface area contributed by atoms with Crippen LogP contribution in [0, 0.1) is 11.8 Å². The topological polar surface area (TPSA) is 53.6 Å². The van der Waals surface area contributed by atoms with E-state index in [0.717, 1.165) is 50.1 Å². The zero-order valence-electron chi connectivity index (χ0n) is 12.3. The number of nitrogens with two attached hydrogens (primary N) is 1. The van der Waals surface area contributed by atoms with Crippen molar-refractivity contribution < 1.29 is 0 Å². The van der Waals surface area contributed by atoms with E-state index in [9.17, 15) is 0 Å². The highest BCUT2D eigenvalue weighted by Crippen LogP contribution is 2.35. The van der Waals surface area contributed by atoms with Crippen LogP contribution in [0.25, 0.3) is 0 Å². The molecule has 1 heterocycles. The summed E-state index contributed by atoms with van der Waals surface area (Å²) in [6.07, 6.45) is 6.21. The molecule has 0 amide bonds. The average Bonchev–Trinajstić information content (AvgIpc) is 2.36. The van der Waals surface area contributed by atoms with Crippen molar-refractivity contribution in [1.82, 2.24) is 10.2 Å². The molecule has 0 aromatic carbocycles. The molecule has 1 aliphatic heterocycles. The van der Waals surface area contributed by atoms with Crippen LogP contribution in [0.5, 0.6) is 0 Å². The minimum absolute atomic E-state index is 0.533. The van der Waals surface area contributed by atoms with Gasteiger partial charge >= 0.3 is 0 Å². The molecule has 0 bridgehead atoms. The second-order valence-corrected chi connectivity index (χ2v) is 6.18. The van der Waals surface area contributed by atoms with Crippen LogP contribution in [0.2, 0.25) is 0 Å². The van der Waals surface area contributed by atoms with Gasteiger partial charge < -0.3 is 11.1 Å². The van der Waals surface area contributed by atoms with Gasteiger partial charge in [-0.25, -0.2) is 0 Å². The second-order valence-electron chi connectivity index (χ2n) is 6.18. The van der Waals surface area contributed by atoms with E-state index in [1.165, 1.54) is 12.8 Å². The molecule has 108 valence electrons. The highest BCUT2D eigenvalue weighted by atomic mass is 15.2. The maximum atomic E-state index is 5.72. The van der Waals surface area contributed by atoms with E-state index in [-0.39, 0.29) is 0 Å². The maximum absolute atomic E-state index is 5.72. The van der Waals surface area contributed by atoms with Crippen molar-refractivity contribution in [2.24, 2.45) is 22.6 Å². The zero-order valence-corrected chi connectivity index (χ0v) is 12.3. The molecule has 0 aromatic rings. The van der Waals surface area contributed by atoms with E-state index in [4.69, 9.17) is 5.73 Å². The van der Waals surface area contributed by atoms with Crippen molar-refractivity contribution >= 4 is 6.21 Å². The van der Waals surface area contributed by atoms with Crippen LogP contribution in [0.1, 0.15) is 26.7 Å². The smallest absolute Gasteiger partial charge is 0.0505 e. The SMILES string of the molecule is CC(C)C1CC(N=C/C(=C\N)CN2CCNCC2)C1. The van der Waals surface area contributed by atoms with Gasteiger partial charge in [0.15, 0.2) is 0 Å². The van der Waals surface area contributed by atoms with E-state index in [1.54, 1.807) is 6.20 Å². The molecule has 0 atom stereocenters. The van der Waals surface area contributed by atoms with E-state index >= 15 is 0 Å². The first-order valence-electron chi connectivity index (χ1n) is 7.56. The highest BCUT2D eigenvalue weighted by molar-refractivity contribution is 5.79. The number of rotatable bonds is 5. The normalized spacial score (nSPS) is 29.9. The summed E-state index contributed by atoms with van der Waals surface area (Å²) in [4.78, 5) is 7.11. The first-order valence-corrected chi connectivity index (χ1v) is 7.56. The van der Waals surface area contributed by atoms with Gasteiger partial charge in [-0.05, 0) is 36.5 Å². The molecule has 1 saturated carbocycles. The molecule has 19 heavy (non-hydrogen) atoms. The van der Waals surface area contributed by atoms with Gasteiger partial charge in [0, 0.05) is 38.9 Å². The second kappa shape index (κ2) is 7.06. The lowest BCUT2D eigenvalue weighted by Gasteiger charge is -2.35. The van der Waals surface area contributed by atoms with Crippen molar-refractivity contribution in [3.05, 3.63) is 11.8 Å². The Hall–Kier alpha value is -0.870. The number of hydrogen-bond acceptors (Lipinski definition) is 4. The number of nitrogens with one attached hydrogen (secondary N) is 1. The predicted octanol–water partition coefficient (Wildman–Crippen LogP) is 1.24. The third kappa shape index (κ3) is 4.32. The van der Waals surface area contributed by atoms with Crippen LogP contribution in [-0.4, -0.2) is 49.9 Å². The van der Waals surface area contributed by atoms with Gasteiger partial charge in [-0.3, -0.25) is 9.89 Å². The third-order valence-electron chi connectivity index (χ3n) is 4.37. The summed E-state index contributed by atoms with van der Waals surface area (Å²) in [5, 5.41) is 3.36. The molecule has 4 nitrogen and oxygen atoms in total. The van der Waals surface area contributed by atoms with Gasteiger partial charge in [0.05, 0.1) is 6.04 Å². The van der Waals surface area contributed by atoms with Gasteiger partial charge in [0.2, 0.25) is 0 Å². The Bertz CT molecular complexity index is 323. The molecule has 2 aliphatic rings. The van der Waals surface area contributed by atoms with Crippen LogP contribution in [0.3, 0.4) is 0 Å². The maximum Gasteiger partial charge on any atom is 0.0505 e. The van der Waals surface area contributed by atoms with Crippen molar-refractivity contribution in [1.29, 1.82) is 0 Å². The largest absolute Gasteiger partial charge is 0.404 e. The summed E-state index contributed by atoms with van der Waals surface area (Å²) in [6.45, 7) is 9.90. The summed E-state index contributed by atoms with van der Waals surface area (Å²) in [6, 6.07) is 0.533. The monoisotopic (exact) mass is 264 g/mol. The summed E-state index contributed by atoms with van der Waals surface area (Å²) in [7, 11) is 0. The molecule has 0 radical (unpaired) electrons. The van der Waals surface area contributed by atoms with Crippen LogP contribution < -0.4 is 11.1 Å². The Balaban J connectivity index is 1.73. The van der Waals surface area contributed by atoms with E-state index in [1.807, 2.05) is 6.21 Å². The van der Waals surface area contributed by atoms with Crippen molar-refractivity contribution in [3.8, 4) is 0 Å². The third-order valence-corrected chi connectivity index (χ3v) is 4.37. The lowest BCUT2D eigenvalue weighted by Crippen LogP contribution is -2.44. The van der Waals surface area contributed by atoms with Gasteiger partial charge in [-0.2, -0.15) is 0 Å². The van der Waals surface area contributed by atoms with Crippen molar-refractivity contribution in [2.45, 2.75) is 32.7 Å². The van der Waals surface area contributed by atoms with Gasteiger partial charge in [0.1, 0.15) is 0 Å². The van der Waals surface area contributed by atoms with Crippen LogP contribution in [0.15, 0.2) is 16.8 Å². The fraction of sp³-hybridized carbons (Fsp3) is 0.800. The Morgan fingerprint density at radius 2 is 2.05 bits per heavy atom. The number of aliphatic imine (C=N–C) groups is 1. The molecule has 0 unspecified atom stereocenters. The quantitative estimate of drug-likeness (QED) is 0.735. The standard InChI is InChI=1S/C15H28N4/c1-12(2)14-7-15(8-14)18-10-13(9-16)11-19-5-3-17-4-6-19/h9-10,12,14-15,17H,3-8,11,16H2,1-2H3/b13-9+,18-10?. The van der Waals surface area contributed by atoms with E-state index < -0.39 is 0 Å². The number of piperazine rings is 1. The predicted molar refractivity (Wildman–Crippen MR) is 81.4 cm³/mol. The summed E-state index contributed by atoms with van der Waals surface area (Å²) in [5.74, 6) is 1.68. The van der Waals surface area contributed by atoms with Gasteiger partial charge in [0.25, 0.3) is 0 Å². The zero-order chi connectivity index (χ0) is 13.7. The van der Waals surface area contributed by atoms with Gasteiger partial charge in [-0.15, -0.1) is 0 Å². The lowest BCUT2D eigenvalue weighted by molar-refractivity contribution is 0.201. The van der Waals surface area contributed by atoms with Crippen LogP contribution in [-0.2, 0) is 0 Å². The first-order chi connectivity index (χ1) is 9.19. The lowest BCUT2D eigenvalue weighted by atomic mass is 9.74. The van der Waals surface area contributed by atoms with Crippen LogP contribution >= 0.6 is 0 Å². The molecule has 0 aromatic heterocycles. The molecular weight excluding hydrogens is 236 g/mol. The molecule has 0 spiro atoms. The molecule has 2 fully saturated rings. The van der Waals surface area contributed by atoms with E-state index in [0.29, 0.717) is 6.04 Å². The summed E-state index contributed by atoms with van der Waals surface area (Å²) >= 11 is 0. The Labute approximate surface area is 117 Å². The molecule has 1 saturated heterocycles. The first kappa shape index (κ1) is 14.5. The molecule has 3 N–H and O–H groups in total. The van der Waals surface area contributed by atoms with Gasteiger partial charge in [-0.1, -0.05) is 13.8 Å². The minimum atomic E-state index is 0.533. The highest BCUT2D eigenvalue weighted by Gasteiger charge is 2.30. The molecular formula is C15H28N4.